The van der Waals surface area contributed by atoms with Gasteiger partial charge in [-0.05, 0) is 6.92 Å². The summed E-state index contributed by atoms with van der Waals surface area (Å²) in [6.45, 7) is 0.841. The van der Waals surface area contributed by atoms with E-state index >= 15 is 0 Å². The van der Waals surface area contributed by atoms with Gasteiger partial charge in [-0.3, -0.25) is 8.37 Å². The summed E-state index contributed by atoms with van der Waals surface area (Å²) in [5.41, 5.74) is 0. The summed E-state index contributed by atoms with van der Waals surface area (Å²) in [7, 11) is -7.04. The standard InChI is InChI=1S/C5H12O6S2/c1-3-13(8,9)11-5-4-10-12(2,6)7/h3-5H2,1-2H3. The smallest absolute Gasteiger partial charge is 0.267 e. The van der Waals surface area contributed by atoms with Gasteiger partial charge in [0, 0.05) is 0 Å². The van der Waals surface area contributed by atoms with Crippen molar-refractivity contribution < 1.29 is 25.2 Å². The Morgan fingerprint density at radius 1 is 1.00 bits per heavy atom. The van der Waals surface area contributed by atoms with Crippen molar-refractivity contribution in [2.45, 2.75) is 6.92 Å². The van der Waals surface area contributed by atoms with Crippen molar-refractivity contribution >= 4 is 20.2 Å². The zero-order valence-corrected chi connectivity index (χ0v) is 9.02. The fourth-order valence-electron chi connectivity index (χ4n) is 0.430. The third-order valence-corrected chi connectivity index (χ3v) is 2.82. The van der Waals surface area contributed by atoms with Crippen LogP contribution < -0.4 is 0 Å². The fraction of sp³-hybridized carbons (Fsp3) is 1.00. The van der Waals surface area contributed by atoms with Gasteiger partial charge < -0.3 is 0 Å². The van der Waals surface area contributed by atoms with Crippen molar-refractivity contribution in [2.24, 2.45) is 0 Å². The Bertz CT molecular complexity index is 326. The molecule has 6 nitrogen and oxygen atoms in total. The monoisotopic (exact) mass is 232 g/mol. The van der Waals surface area contributed by atoms with Crippen LogP contribution in [0.2, 0.25) is 0 Å². The van der Waals surface area contributed by atoms with E-state index in [1.54, 1.807) is 0 Å². The van der Waals surface area contributed by atoms with E-state index in [2.05, 4.69) is 8.37 Å². The molecule has 80 valence electrons. The maximum atomic E-state index is 10.7. The van der Waals surface area contributed by atoms with Crippen LogP contribution in [0.1, 0.15) is 6.92 Å². The Morgan fingerprint density at radius 2 is 1.46 bits per heavy atom. The SMILES string of the molecule is CCS(=O)(=O)OCCOS(C)(=O)=O. The quantitative estimate of drug-likeness (QED) is 0.446. The van der Waals surface area contributed by atoms with Crippen LogP contribution in [0, 0.1) is 0 Å². The third-order valence-electron chi connectivity index (χ3n) is 0.997. The minimum Gasteiger partial charge on any atom is -0.268 e. The zero-order chi connectivity index (χ0) is 10.5. The first-order chi connectivity index (χ1) is 5.77. The Morgan fingerprint density at radius 3 is 1.85 bits per heavy atom. The lowest BCUT2D eigenvalue weighted by molar-refractivity contribution is 0.226. The van der Waals surface area contributed by atoms with Gasteiger partial charge in [0.2, 0.25) is 0 Å². The third kappa shape index (κ3) is 8.16. The molecule has 0 rings (SSSR count). The molecule has 0 aromatic carbocycles. The van der Waals surface area contributed by atoms with Crippen molar-refractivity contribution in [1.82, 2.24) is 0 Å². The summed E-state index contributed by atoms with van der Waals surface area (Å²) in [4.78, 5) is 0. The van der Waals surface area contributed by atoms with E-state index in [4.69, 9.17) is 0 Å². The summed E-state index contributed by atoms with van der Waals surface area (Å²) in [6, 6.07) is 0. The molecule has 0 heterocycles. The van der Waals surface area contributed by atoms with Crippen LogP contribution in [-0.2, 0) is 28.6 Å². The first kappa shape index (κ1) is 12.8. The van der Waals surface area contributed by atoms with Crippen LogP contribution in [0.5, 0.6) is 0 Å². The lowest BCUT2D eigenvalue weighted by Gasteiger charge is -2.02. The van der Waals surface area contributed by atoms with Crippen molar-refractivity contribution in [3.63, 3.8) is 0 Å². The van der Waals surface area contributed by atoms with E-state index in [1.807, 2.05) is 0 Å². The van der Waals surface area contributed by atoms with E-state index in [0.29, 0.717) is 0 Å². The molecule has 0 aromatic rings. The Hall–Kier alpha value is -0.180. The number of rotatable bonds is 6. The molecular weight excluding hydrogens is 220 g/mol. The van der Waals surface area contributed by atoms with Gasteiger partial charge in [0.1, 0.15) is 0 Å². The molecule has 0 atom stereocenters. The van der Waals surface area contributed by atoms with E-state index in [-0.39, 0.29) is 19.0 Å². The highest BCUT2D eigenvalue weighted by Gasteiger charge is 2.08. The highest BCUT2D eigenvalue weighted by molar-refractivity contribution is 7.86. The minimum absolute atomic E-state index is 0.147. The van der Waals surface area contributed by atoms with Crippen LogP contribution in [0.4, 0.5) is 0 Å². The van der Waals surface area contributed by atoms with E-state index in [9.17, 15) is 16.8 Å². The van der Waals surface area contributed by atoms with E-state index in [1.165, 1.54) is 6.92 Å². The highest BCUT2D eigenvalue weighted by Crippen LogP contribution is 1.93. The van der Waals surface area contributed by atoms with Crippen molar-refractivity contribution in [1.29, 1.82) is 0 Å². The second-order valence-electron chi connectivity index (χ2n) is 2.19. The maximum Gasteiger partial charge on any atom is 0.267 e. The lowest BCUT2D eigenvalue weighted by atomic mass is 10.8. The van der Waals surface area contributed by atoms with Gasteiger partial charge in [0.15, 0.2) is 0 Å². The maximum absolute atomic E-state index is 10.7. The second-order valence-corrected chi connectivity index (χ2v) is 5.77. The molecule has 0 aliphatic carbocycles. The molecular formula is C5H12O6S2. The molecule has 0 aromatic heterocycles. The summed E-state index contributed by atoms with van der Waals surface area (Å²) in [6.07, 6.45) is 0.876. The normalized spacial score (nSPS) is 13.1. The lowest BCUT2D eigenvalue weighted by Crippen LogP contribution is -2.14. The average Bonchev–Trinajstić information content (AvgIpc) is 1.97. The van der Waals surface area contributed by atoms with E-state index < -0.39 is 20.2 Å². The highest BCUT2D eigenvalue weighted by atomic mass is 32.2. The molecule has 0 fully saturated rings. The van der Waals surface area contributed by atoms with E-state index in [0.717, 1.165) is 6.26 Å². The number of hydrogen-bond donors (Lipinski definition) is 0. The average molecular weight is 232 g/mol. The van der Waals surface area contributed by atoms with Crippen LogP contribution in [0.3, 0.4) is 0 Å². The molecule has 8 heteroatoms. The molecule has 0 aliphatic rings. The van der Waals surface area contributed by atoms with Crippen LogP contribution in [0.15, 0.2) is 0 Å². The molecule has 0 unspecified atom stereocenters. The van der Waals surface area contributed by atoms with Gasteiger partial charge in [0.05, 0.1) is 25.2 Å². The van der Waals surface area contributed by atoms with Crippen molar-refractivity contribution in [3.8, 4) is 0 Å². The minimum atomic E-state index is -3.52. The Labute approximate surface area is 78.1 Å². The van der Waals surface area contributed by atoms with Gasteiger partial charge in [-0.15, -0.1) is 0 Å². The Kier molecular flexibility index (Phi) is 4.82. The van der Waals surface area contributed by atoms with Gasteiger partial charge in [-0.25, -0.2) is 0 Å². The summed E-state index contributed by atoms with van der Waals surface area (Å²) < 4.78 is 50.8. The van der Waals surface area contributed by atoms with Gasteiger partial charge in [-0.2, -0.15) is 16.8 Å². The van der Waals surface area contributed by atoms with Crippen LogP contribution >= 0.6 is 0 Å². The first-order valence-corrected chi connectivity index (χ1v) is 6.88. The second kappa shape index (κ2) is 4.89. The summed E-state index contributed by atoms with van der Waals surface area (Å²) in [5.74, 6) is -0.147. The largest absolute Gasteiger partial charge is 0.268 e. The Balaban J connectivity index is 3.71. The van der Waals surface area contributed by atoms with Gasteiger partial charge in [0.25, 0.3) is 20.2 Å². The molecule has 0 amide bonds. The molecule has 0 spiro atoms. The summed E-state index contributed by atoms with van der Waals surface area (Å²) >= 11 is 0. The fourth-order valence-corrected chi connectivity index (χ4v) is 1.29. The zero-order valence-electron chi connectivity index (χ0n) is 7.39. The predicted octanol–water partition coefficient (Wildman–Crippen LogP) is -0.671. The molecule has 0 saturated carbocycles. The summed E-state index contributed by atoms with van der Waals surface area (Å²) in [5, 5.41) is 0. The molecule has 0 saturated heterocycles. The van der Waals surface area contributed by atoms with Crippen molar-refractivity contribution in [2.75, 3.05) is 25.2 Å². The topological polar surface area (TPSA) is 86.7 Å². The van der Waals surface area contributed by atoms with Crippen molar-refractivity contribution in [3.05, 3.63) is 0 Å². The molecule has 13 heavy (non-hydrogen) atoms. The molecule has 0 radical (unpaired) electrons. The van der Waals surface area contributed by atoms with Gasteiger partial charge >= 0.3 is 0 Å². The molecule has 0 aliphatic heterocycles. The number of hydrogen-bond acceptors (Lipinski definition) is 6. The van der Waals surface area contributed by atoms with Gasteiger partial charge in [-0.1, -0.05) is 0 Å². The molecule has 0 bridgehead atoms. The van der Waals surface area contributed by atoms with Crippen LogP contribution in [0.25, 0.3) is 0 Å². The van der Waals surface area contributed by atoms with Crippen LogP contribution in [-0.4, -0.2) is 42.1 Å². The molecule has 0 N–H and O–H groups in total. The predicted molar refractivity (Wildman–Crippen MR) is 46.2 cm³/mol. The first-order valence-electron chi connectivity index (χ1n) is 3.48.